The molecule has 0 aromatic heterocycles. The van der Waals surface area contributed by atoms with Crippen molar-refractivity contribution in [2.24, 2.45) is 0 Å². The molecule has 1 unspecified atom stereocenters. The van der Waals surface area contributed by atoms with E-state index >= 15 is 0 Å². The molecule has 0 bridgehead atoms. The summed E-state index contributed by atoms with van der Waals surface area (Å²) in [6.45, 7) is 8.84. The molecule has 0 aliphatic rings. The molecule has 2 heteroatoms. The van der Waals surface area contributed by atoms with Gasteiger partial charge in [-0.05, 0) is 29.5 Å². The van der Waals surface area contributed by atoms with Gasteiger partial charge in [0, 0.05) is 5.75 Å². The Bertz CT molecular complexity index is 346. The van der Waals surface area contributed by atoms with Crippen molar-refractivity contribution in [3.05, 3.63) is 42.0 Å². The van der Waals surface area contributed by atoms with Crippen LogP contribution in [-0.4, -0.2) is 12.4 Å². The minimum atomic E-state index is 0.528. The number of hydrogen-bond donors (Lipinski definition) is 1. The van der Waals surface area contributed by atoms with Gasteiger partial charge in [-0.1, -0.05) is 38.6 Å². The van der Waals surface area contributed by atoms with Crippen molar-refractivity contribution in [2.75, 3.05) is 12.4 Å². The summed E-state index contributed by atoms with van der Waals surface area (Å²) in [7, 11) is 0. The third kappa shape index (κ3) is 3.60. The average Bonchev–Trinajstić information content (AvgIpc) is 2.35. The predicted molar refractivity (Wildman–Crippen MR) is 73.6 cm³/mol. The van der Waals surface area contributed by atoms with Gasteiger partial charge < -0.3 is 4.74 Å². The lowest BCUT2D eigenvalue weighted by Gasteiger charge is -2.15. The van der Waals surface area contributed by atoms with E-state index in [2.05, 4.69) is 45.2 Å². The molecular formula is C14H20OS. The SMILES string of the molecule is C=C(CS)COc1ccccc1C(C)CC. The third-order valence-electron chi connectivity index (χ3n) is 2.72. The molecule has 0 saturated carbocycles. The van der Waals surface area contributed by atoms with E-state index in [-0.39, 0.29) is 0 Å². The van der Waals surface area contributed by atoms with Gasteiger partial charge in [0.15, 0.2) is 0 Å². The number of benzene rings is 1. The van der Waals surface area contributed by atoms with Crippen LogP contribution in [0.25, 0.3) is 0 Å². The van der Waals surface area contributed by atoms with Crippen LogP contribution in [0.3, 0.4) is 0 Å². The quantitative estimate of drug-likeness (QED) is 0.579. The van der Waals surface area contributed by atoms with Crippen molar-refractivity contribution in [3.8, 4) is 5.75 Å². The molecule has 1 atom stereocenters. The molecule has 1 nitrogen and oxygen atoms in total. The third-order valence-corrected chi connectivity index (χ3v) is 3.16. The molecule has 1 rings (SSSR count). The Hall–Kier alpha value is -0.890. The molecule has 1 aromatic carbocycles. The molecular weight excluding hydrogens is 216 g/mol. The Morgan fingerprint density at radius 3 is 2.75 bits per heavy atom. The molecule has 0 aliphatic heterocycles. The van der Waals surface area contributed by atoms with Gasteiger partial charge in [0.05, 0.1) is 0 Å². The minimum Gasteiger partial charge on any atom is -0.489 e. The lowest BCUT2D eigenvalue weighted by Crippen LogP contribution is -2.04. The van der Waals surface area contributed by atoms with Crippen LogP contribution in [0, 0.1) is 0 Å². The fraction of sp³-hybridized carbons (Fsp3) is 0.429. The summed E-state index contributed by atoms with van der Waals surface area (Å²) in [4.78, 5) is 0. The smallest absolute Gasteiger partial charge is 0.123 e. The fourth-order valence-corrected chi connectivity index (χ4v) is 1.56. The molecule has 0 N–H and O–H groups in total. The van der Waals surface area contributed by atoms with Crippen molar-refractivity contribution in [1.29, 1.82) is 0 Å². The molecule has 0 spiro atoms. The lowest BCUT2D eigenvalue weighted by atomic mass is 9.98. The maximum absolute atomic E-state index is 5.76. The van der Waals surface area contributed by atoms with E-state index in [4.69, 9.17) is 4.74 Å². The summed E-state index contributed by atoms with van der Waals surface area (Å²) in [6.07, 6.45) is 1.12. The van der Waals surface area contributed by atoms with Crippen LogP contribution < -0.4 is 4.74 Å². The Balaban J connectivity index is 2.75. The van der Waals surface area contributed by atoms with Crippen LogP contribution in [0.1, 0.15) is 31.7 Å². The van der Waals surface area contributed by atoms with Gasteiger partial charge in [0.1, 0.15) is 12.4 Å². The second-order valence-corrected chi connectivity index (χ2v) is 4.36. The van der Waals surface area contributed by atoms with E-state index in [1.807, 2.05) is 12.1 Å². The van der Waals surface area contributed by atoms with E-state index in [9.17, 15) is 0 Å². The van der Waals surface area contributed by atoms with Crippen molar-refractivity contribution in [2.45, 2.75) is 26.2 Å². The maximum Gasteiger partial charge on any atom is 0.123 e. The van der Waals surface area contributed by atoms with E-state index in [1.54, 1.807) is 0 Å². The highest BCUT2D eigenvalue weighted by Gasteiger charge is 2.09. The van der Waals surface area contributed by atoms with Gasteiger partial charge in [-0.25, -0.2) is 0 Å². The van der Waals surface area contributed by atoms with Crippen molar-refractivity contribution in [1.82, 2.24) is 0 Å². The predicted octanol–water partition coefficient (Wildman–Crippen LogP) is 4.06. The summed E-state index contributed by atoms with van der Waals surface area (Å²) in [5.41, 5.74) is 2.28. The minimum absolute atomic E-state index is 0.528. The van der Waals surface area contributed by atoms with Crippen molar-refractivity contribution >= 4 is 12.6 Å². The zero-order valence-corrected chi connectivity index (χ0v) is 11.0. The molecule has 0 amide bonds. The summed E-state index contributed by atoms with van der Waals surface area (Å²) >= 11 is 4.17. The van der Waals surface area contributed by atoms with Crippen LogP contribution in [0.2, 0.25) is 0 Å². The summed E-state index contributed by atoms with van der Waals surface area (Å²) in [6, 6.07) is 8.21. The highest BCUT2D eigenvalue weighted by Crippen LogP contribution is 2.28. The van der Waals surface area contributed by atoms with Gasteiger partial charge in [-0.15, -0.1) is 0 Å². The monoisotopic (exact) mass is 236 g/mol. The molecule has 88 valence electrons. The topological polar surface area (TPSA) is 9.23 Å². The zero-order chi connectivity index (χ0) is 12.0. The summed E-state index contributed by atoms with van der Waals surface area (Å²) in [5, 5.41) is 0. The van der Waals surface area contributed by atoms with Gasteiger partial charge in [0.2, 0.25) is 0 Å². The number of ether oxygens (including phenoxy) is 1. The van der Waals surface area contributed by atoms with Crippen molar-refractivity contribution < 1.29 is 4.74 Å². The van der Waals surface area contributed by atoms with Gasteiger partial charge in [0.25, 0.3) is 0 Å². The van der Waals surface area contributed by atoms with Crippen LogP contribution in [0.15, 0.2) is 36.4 Å². The Morgan fingerprint density at radius 2 is 2.12 bits per heavy atom. The van der Waals surface area contributed by atoms with E-state index in [0.717, 1.165) is 17.7 Å². The first-order valence-electron chi connectivity index (χ1n) is 5.68. The van der Waals surface area contributed by atoms with Gasteiger partial charge in [-0.2, -0.15) is 12.6 Å². The maximum atomic E-state index is 5.76. The molecule has 0 radical (unpaired) electrons. The largest absolute Gasteiger partial charge is 0.489 e. The highest BCUT2D eigenvalue weighted by atomic mass is 32.1. The fourth-order valence-electron chi connectivity index (χ4n) is 1.46. The Labute approximate surface area is 104 Å². The standard InChI is InChI=1S/C14H20OS/c1-4-12(3)13-7-5-6-8-14(13)15-9-11(2)10-16/h5-8,12,16H,2,4,9-10H2,1,3H3. The molecule has 1 aromatic rings. The molecule has 0 saturated heterocycles. The van der Waals surface area contributed by atoms with E-state index in [1.165, 1.54) is 5.56 Å². The number of hydrogen-bond acceptors (Lipinski definition) is 2. The average molecular weight is 236 g/mol. The van der Waals surface area contributed by atoms with Crippen LogP contribution in [0.5, 0.6) is 5.75 Å². The van der Waals surface area contributed by atoms with Crippen LogP contribution in [0.4, 0.5) is 0 Å². The molecule has 16 heavy (non-hydrogen) atoms. The number of rotatable bonds is 6. The Kier molecular flexibility index (Phi) is 5.47. The van der Waals surface area contributed by atoms with Gasteiger partial charge >= 0.3 is 0 Å². The molecule has 0 aliphatic carbocycles. The summed E-state index contributed by atoms with van der Waals surface area (Å²) in [5.74, 6) is 2.17. The van der Waals surface area contributed by atoms with Crippen molar-refractivity contribution in [3.63, 3.8) is 0 Å². The second-order valence-electron chi connectivity index (χ2n) is 4.04. The molecule has 0 fully saturated rings. The van der Waals surface area contributed by atoms with Gasteiger partial charge in [-0.3, -0.25) is 0 Å². The first-order valence-corrected chi connectivity index (χ1v) is 6.31. The van der Waals surface area contributed by atoms with E-state index in [0.29, 0.717) is 18.3 Å². The summed E-state index contributed by atoms with van der Waals surface area (Å²) < 4.78 is 5.76. The Morgan fingerprint density at radius 1 is 1.44 bits per heavy atom. The van der Waals surface area contributed by atoms with E-state index < -0.39 is 0 Å². The number of para-hydroxylation sites is 1. The normalized spacial score (nSPS) is 12.2. The molecule has 0 heterocycles. The second kappa shape index (κ2) is 6.64. The number of thiol groups is 1. The first kappa shape index (κ1) is 13.2. The lowest BCUT2D eigenvalue weighted by molar-refractivity contribution is 0.347. The zero-order valence-electron chi connectivity index (χ0n) is 10.1. The highest BCUT2D eigenvalue weighted by molar-refractivity contribution is 7.80. The van der Waals surface area contributed by atoms with Crippen LogP contribution in [-0.2, 0) is 0 Å². The first-order chi connectivity index (χ1) is 7.69. The van der Waals surface area contributed by atoms with Crippen LogP contribution >= 0.6 is 12.6 Å².